The maximum Gasteiger partial charge on any atom is 0.228 e. The van der Waals surface area contributed by atoms with Gasteiger partial charge in [0.1, 0.15) is 5.75 Å². The molecule has 0 saturated carbocycles. The van der Waals surface area contributed by atoms with Gasteiger partial charge in [0.15, 0.2) is 0 Å². The van der Waals surface area contributed by atoms with Crippen LogP contribution >= 0.6 is 0 Å². The van der Waals surface area contributed by atoms with E-state index in [1.807, 2.05) is 0 Å². The summed E-state index contributed by atoms with van der Waals surface area (Å²) < 4.78 is 0. The number of hydrogen-bond donors (Lipinski definition) is 3. The molecule has 1 unspecified atom stereocenters. The van der Waals surface area contributed by atoms with Gasteiger partial charge in [0.25, 0.3) is 0 Å². The van der Waals surface area contributed by atoms with E-state index < -0.39 is 0 Å². The van der Waals surface area contributed by atoms with Gasteiger partial charge in [-0.25, -0.2) is 0 Å². The van der Waals surface area contributed by atoms with E-state index >= 15 is 0 Å². The van der Waals surface area contributed by atoms with Crippen molar-refractivity contribution in [1.29, 1.82) is 0 Å². The molecule has 80 valence electrons. The van der Waals surface area contributed by atoms with E-state index in [4.69, 9.17) is 5.11 Å². The molecule has 3 N–H and O–H groups in total. The molecular formula is C11H14N2O2. The molecule has 4 heteroatoms. The lowest BCUT2D eigenvalue weighted by Gasteiger charge is -2.09. The fourth-order valence-electron chi connectivity index (χ4n) is 1.67. The summed E-state index contributed by atoms with van der Waals surface area (Å²) in [5.74, 6) is 0.319. The number of nitrogens with one attached hydrogen (secondary N) is 2. The standard InChI is InChI=1S/C11H14N2O2/c14-10-3-1-9(2-4-10)13-11(15)8-5-6-12-7-8/h1-4,8,12,14H,5-7H2,(H,13,15). The topological polar surface area (TPSA) is 61.4 Å². The Balaban J connectivity index is 1.96. The number of amides is 1. The molecule has 1 amide bonds. The van der Waals surface area contributed by atoms with Crippen molar-refractivity contribution in [3.05, 3.63) is 24.3 Å². The molecule has 0 aliphatic carbocycles. The molecule has 0 spiro atoms. The highest BCUT2D eigenvalue weighted by Crippen LogP contribution is 2.16. The number of carbonyl (C=O) groups excluding carboxylic acids is 1. The highest BCUT2D eigenvalue weighted by molar-refractivity contribution is 5.92. The van der Waals surface area contributed by atoms with Crippen molar-refractivity contribution in [3.8, 4) is 5.75 Å². The molecule has 0 radical (unpaired) electrons. The van der Waals surface area contributed by atoms with E-state index in [-0.39, 0.29) is 17.6 Å². The van der Waals surface area contributed by atoms with Crippen LogP contribution in [0.2, 0.25) is 0 Å². The van der Waals surface area contributed by atoms with Crippen LogP contribution in [0, 0.1) is 5.92 Å². The van der Waals surface area contributed by atoms with E-state index in [9.17, 15) is 4.79 Å². The molecule has 15 heavy (non-hydrogen) atoms. The molecular weight excluding hydrogens is 192 g/mol. The van der Waals surface area contributed by atoms with Crippen molar-refractivity contribution in [2.24, 2.45) is 5.92 Å². The van der Waals surface area contributed by atoms with Crippen LogP contribution in [0.25, 0.3) is 0 Å². The number of rotatable bonds is 2. The number of aromatic hydroxyl groups is 1. The van der Waals surface area contributed by atoms with E-state index in [0.29, 0.717) is 0 Å². The molecule has 1 atom stereocenters. The highest BCUT2D eigenvalue weighted by Gasteiger charge is 2.22. The number of carbonyl (C=O) groups is 1. The monoisotopic (exact) mass is 206 g/mol. The Morgan fingerprint density at radius 1 is 1.40 bits per heavy atom. The van der Waals surface area contributed by atoms with Crippen molar-refractivity contribution in [2.75, 3.05) is 18.4 Å². The molecule has 2 rings (SSSR count). The third-order valence-corrected chi connectivity index (χ3v) is 2.57. The summed E-state index contributed by atoms with van der Waals surface area (Å²) in [5.41, 5.74) is 0.727. The van der Waals surface area contributed by atoms with Crippen molar-refractivity contribution < 1.29 is 9.90 Å². The first-order valence-electron chi connectivity index (χ1n) is 5.06. The minimum Gasteiger partial charge on any atom is -0.508 e. The summed E-state index contributed by atoms with van der Waals surface area (Å²) in [4.78, 5) is 11.7. The number of hydrogen-bond acceptors (Lipinski definition) is 3. The lowest BCUT2D eigenvalue weighted by Crippen LogP contribution is -2.24. The van der Waals surface area contributed by atoms with Crippen LogP contribution < -0.4 is 10.6 Å². The van der Waals surface area contributed by atoms with Gasteiger partial charge in [-0.05, 0) is 37.2 Å². The first-order valence-corrected chi connectivity index (χ1v) is 5.06. The number of phenols is 1. The zero-order valence-electron chi connectivity index (χ0n) is 8.36. The van der Waals surface area contributed by atoms with Gasteiger partial charge in [0, 0.05) is 12.2 Å². The zero-order chi connectivity index (χ0) is 10.7. The smallest absolute Gasteiger partial charge is 0.228 e. The van der Waals surface area contributed by atoms with Gasteiger partial charge < -0.3 is 15.7 Å². The first-order chi connectivity index (χ1) is 7.25. The Kier molecular flexibility index (Phi) is 2.87. The zero-order valence-corrected chi connectivity index (χ0v) is 8.36. The second-order valence-electron chi connectivity index (χ2n) is 3.73. The van der Waals surface area contributed by atoms with E-state index in [2.05, 4.69) is 10.6 Å². The molecule has 1 saturated heterocycles. The van der Waals surface area contributed by atoms with Gasteiger partial charge in [-0.15, -0.1) is 0 Å². The molecule has 0 bridgehead atoms. The Morgan fingerprint density at radius 2 is 2.13 bits per heavy atom. The average molecular weight is 206 g/mol. The van der Waals surface area contributed by atoms with Gasteiger partial charge in [-0.1, -0.05) is 0 Å². The molecule has 1 fully saturated rings. The molecule has 1 aliphatic heterocycles. The summed E-state index contributed by atoms with van der Waals surface area (Å²) in [7, 11) is 0. The van der Waals surface area contributed by atoms with E-state index in [1.54, 1.807) is 24.3 Å². The lowest BCUT2D eigenvalue weighted by molar-refractivity contribution is -0.119. The van der Waals surface area contributed by atoms with Crippen LogP contribution in [-0.2, 0) is 4.79 Å². The SMILES string of the molecule is O=C(Nc1ccc(O)cc1)C1CCNC1. The Morgan fingerprint density at radius 3 is 2.73 bits per heavy atom. The fourth-order valence-corrected chi connectivity index (χ4v) is 1.67. The summed E-state index contributed by atoms with van der Waals surface area (Å²) >= 11 is 0. The Hall–Kier alpha value is -1.55. The number of benzene rings is 1. The van der Waals surface area contributed by atoms with Crippen molar-refractivity contribution in [2.45, 2.75) is 6.42 Å². The quantitative estimate of drug-likeness (QED) is 0.631. The second-order valence-corrected chi connectivity index (χ2v) is 3.73. The fraction of sp³-hybridized carbons (Fsp3) is 0.364. The van der Waals surface area contributed by atoms with Crippen molar-refractivity contribution in [1.82, 2.24) is 5.32 Å². The van der Waals surface area contributed by atoms with Crippen molar-refractivity contribution in [3.63, 3.8) is 0 Å². The lowest BCUT2D eigenvalue weighted by atomic mass is 10.1. The molecule has 0 aromatic heterocycles. The van der Waals surface area contributed by atoms with Gasteiger partial charge in [-0.3, -0.25) is 4.79 Å². The molecule has 1 aliphatic rings. The second kappa shape index (κ2) is 4.31. The maximum absolute atomic E-state index is 11.7. The third kappa shape index (κ3) is 2.47. The normalized spacial score (nSPS) is 20.1. The van der Waals surface area contributed by atoms with E-state index in [1.165, 1.54) is 0 Å². The molecule has 1 aromatic rings. The van der Waals surface area contributed by atoms with Gasteiger partial charge in [0.05, 0.1) is 5.92 Å². The Bertz CT molecular complexity index is 342. The molecule has 1 aromatic carbocycles. The average Bonchev–Trinajstić information content (AvgIpc) is 2.74. The van der Waals surface area contributed by atoms with Crippen LogP contribution in [-0.4, -0.2) is 24.1 Å². The van der Waals surface area contributed by atoms with Gasteiger partial charge >= 0.3 is 0 Å². The number of anilines is 1. The summed E-state index contributed by atoms with van der Waals surface area (Å²) in [6, 6.07) is 6.50. The van der Waals surface area contributed by atoms with Crippen LogP contribution in [0.1, 0.15) is 6.42 Å². The van der Waals surface area contributed by atoms with Crippen LogP contribution in [0.3, 0.4) is 0 Å². The highest BCUT2D eigenvalue weighted by atomic mass is 16.3. The van der Waals surface area contributed by atoms with Gasteiger partial charge in [0.2, 0.25) is 5.91 Å². The maximum atomic E-state index is 11.7. The largest absolute Gasteiger partial charge is 0.508 e. The van der Waals surface area contributed by atoms with Crippen molar-refractivity contribution >= 4 is 11.6 Å². The predicted molar refractivity (Wildman–Crippen MR) is 57.7 cm³/mol. The first kappa shape index (κ1) is 9.98. The minimum atomic E-state index is 0.0469. The predicted octanol–water partition coefficient (Wildman–Crippen LogP) is 0.940. The summed E-state index contributed by atoms with van der Waals surface area (Å²) in [6.45, 7) is 1.66. The van der Waals surface area contributed by atoms with Gasteiger partial charge in [-0.2, -0.15) is 0 Å². The summed E-state index contributed by atoms with van der Waals surface area (Å²) in [5, 5.41) is 15.0. The molecule has 4 nitrogen and oxygen atoms in total. The van der Waals surface area contributed by atoms with Crippen LogP contribution in [0.15, 0.2) is 24.3 Å². The third-order valence-electron chi connectivity index (χ3n) is 2.57. The van der Waals surface area contributed by atoms with Crippen LogP contribution in [0.4, 0.5) is 5.69 Å². The summed E-state index contributed by atoms with van der Waals surface area (Å²) in [6.07, 6.45) is 0.893. The Labute approximate surface area is 88.3 Å². The number of phenolic OH excluding ortho intramolecular Hbond substituents is 1. The molecule has 1 heterocycles. The van der Waals surface area contributed by atoms with Crippen LogP contribution in [0.5, 0.6) is 5.75 Å². The van der Waals surface area contributed by atoms with E-state index in [0.717, 1.165) is 25.2 Å². The minimum absolute atomic E-state index is 0.0469.